The van der Waals surface area contributed by atoms with Gasteiger partial charge in [0.15, 0.2) is 0 Å². The second-order valence-corrected chi connectivity index (χ2v) is 6.35. The molecule has 0 aromatic heterocycles. The van der Waals surface area contributed by atoms with Gasteiger partial charge in [0.2, 0.25) is 5.78 Å². The Bertz CT molecular complexity index is 700. The summed E-state index contributed by atoms with van der Waals surface area (Å²) in [6.45, 7) is 3.87. The first-order valence-corrected chi connectivity index (χ1v) is 9.79. The van der Waals surface area contributed by atoms with E-state index < -0.39 is 12.1 Å². The monoisotopic (exact) mass is 382 g/mol. The second kappa shape index (κ2) is 15.2. The van der Waals surface area contributed by atoms with Crippen LogP contribution in [0.2, 0.25) is 0 Å². The third-order valence-electron chi connectivity index (χ3n) is 3.78. The van der Waals surface area contributed by atoms with Gasteiger partial charge in [-0.3, -0.25) is 9.79 Å². The highest BCUT2D eigenvalue weighted by atomic mass is 16.5. The van der Waals surface area contributed by atoms with Crippen molar-refractivity contribution in [1.82, 2.24) is 5.32 Å². The summed E-state index contributed by atoms with van der Waals surface area (Å²) in [5.41, 5.74) is 1.27. The van der Waals surface area contributed by atoms with Crippen LogP contribution in [0.1, 0.15) is 51.5 Å². The molecule has 0 radical (unpaired) electrons. The van der Waals surface area contributed by atoms with Crippen molar-refractivity contribution in [3.05, 3.63) is 48.2 Å². The number of carbonyl (C=O) groups excluding carboxylic acids is 2. The molecule has 0 aliphatic rings. The van der Waals surface area contributed by atoms with E-state index in [2.05, 4.69) is 41.2 Å². The molecule has 0 fully saturated rings. The van der Waals surface area contributed by atoms with E-state index >= 15 is 0 Å². The summed E-state index contributed by atoms with van der Waals surface area (Å²) in [5.74, 6) is 4.85. The maximum absolute atomic E-state index is 11.9. The van der Waals surface area contributed by atoms with Crippen LogP contribution in [-0.2, 0) is 16.0 Å². The number of aliphatic imine (C=N–C) groups is 1. The smallest absolute Gasteiger partial charge is 0.408 e. The number of amides is 1. The quantitative estimate of drug-likeness (QED) is 0.266. The van der Waals surface area contributed by atoms with Crippen molar-refractivity contribution in [1.29, 1.82) is 0 Å². The molecular formula is C23H30N2O3. The number of rotatable bonds is 11. The number of nitrogens with one attached hydrogen (secondary N) is 1. The van der Waals surface area contributed by atoms with Crippen LogP contribution >= 0.6 is 0 Å². The number of allylic oxidation sites excluding steroid dienone is 1. The van der Waals surface area contributed by atoms with Crippen molar-refractivity contribution in [2.24, 2.45) is 4.99 Å². The number of hydrogen-bond acceptors (Lipinski definition) is 4. The lowest BCUT2D eigenvalue weighted by atomic mass is 10.1. The lowest BCUT2D eigenvalue weighted by Gasteiger charge is -2.09. The summed E-state index contributed by atoms with van der Waals surface area (Å²) >= 11 is 0. The Labute approximate surface area is 168 Å². The van der Waals surface area contributed by atoms with Crippen molar-refractivity contribution in [3.63, 3.8) is 0 Å². The molecule has 5 nitrogen and oxygen atoms in total. The van der Waals surface area contributed by atoms with E-state index in [1.54, 1.807) is 6.20 Å². The zero-order chi connectivity index (χ0) is 20.5. The fourth-order valence-electron chi connectivity index (χ4n) is 2.32. The molecule has 1 aromatic rings. The van der Waals surface area contributed by atoms with Crippen LogP contribution in [0.25, 0.3) is 0 Å². The number of aryl methyl sites for hydroxylation is 1. The van der Waals surface area contributed by atoms with Gasteiger partial charge in [-0.25, -0.2) is 4.79 Å². The van der Waals surface area contributed by atoms with Crippen LogP contribution in [0.5, 0.6) is 0 Å². The van der Waals surface area contributed by atoms with Crippen molar-refractivity contribution in [3.8, 4) is 11.8 Å². The van der Waals surface area contributed by atoms with Gasteiger partial charge in [-0.1, -0.05) is 68.5 Å². The van der Waals surface area contributed by atoms with E-state index in [9.17, 15) is 9.59 Å². The van der Waals surface area contributed by atoms with Gasteiger partial charge in [-0.2, -0.15) is 0 Å². The molecule has 1 rings (SSSR count). The summed E-state index contributed by atoms with van der Waals surface area (Å²) in [6, 6.07) is 9.53. The Hall–Kier alpha value is -2.87. The Morgan fingerprint density at radius 2 is 2.00 bits per heavy atom. The summed E-state index contributed by atoms with van der Waals surface area (Å²) in [4.78, 5) is 27.1. The number of carbonyl (C=O) groups is 2. The Morgan fingerprint density at radius 1 is 1.21 bits per heavy atom. The molecule has 0 bridgehead atoms. The molecule has 0 saturated carbocycles. The number of hydrogen-bond donors (Lipinski definition) is 1. The highest BCUT2D eigenvalue weighted by Crippen LogP contribution is 2.02. The Morgan fingerprint density at radius 3 is 2.71 bits per heavy atom. The number of benzene rings is 1. The van der Waals surface area contributed by atoms with Crippen LogP contribution in [0.15, 0.2) is 47.6 Å². The molecule has 0 saturated heterocycles. The van der Waals surface area contributed by atoms with E-state index in [1.807, 2.05) is 24.3 Å². The van der Waals surface area contributed by atoms with E-state index in [4.69, 9.17) is 4.74 Å². The molecule has 1 aromatic carbocycles. The molecule has 28 heavy (non-hydrogen) atoms. The molecule has 0 aliphatic carbocycles. The first-order valence-electron chi connectivity index (χ1n) is 9.79. The molecule has 0 aliphatic heterocycles. The zero-order valence-electron chi connectivity index (χ0n) is 16.8. The van der Waals surface area contributed by atoms with Gasteiger partial charge in [-0.05, 0) is 30.7 Å². The molecule has 1 amide bonds. The van der Waals surface area contributed by atoms with Gasteiger partial charge in [0.25, 0.3) is 0 Å². The van der Waals surface area contributed by atoms with Crippen molar-refractivity contribution >= 4 is 18.1 Å². The second-order valence-electron chi connectivity index (χ2n) is 6.35. The molecule has 5 heteroatoms. The SMILES string of the molecule is CCCCCCOC(=O)NC(C#CC(C)=O)C=NC=CCCc1ccccc1. The standard InChI is InChI=1S/C23H30N2O3/c1-3-4-5-11-18-28-23(27)25-22(16-15-20(2)26)19-24-17-10-9-14-21-12-7-6-8-13-21/h6-8,10,12-13,17,19,22H,3-5,9,11,14,18H2,1-2H3,(H,25,27). The fraction of sp³-hybridized carbons (Fsp3) is 0.435. The highest BCUT2D eigenvalue weighted by molar-refractivity contribution is 5.94. The highest BCUT2D eigenvalue weighted by Gasteiger charge is 2.08. The zero-order valence-corrected chi connectivity index (χ0v) is 16.8. The fourth-order valence-corrected chi connectivity index (χ4v) is 2.32. The van der Waals surface area contributed by atoms with Crippen LogP contribution in [-0.4, -0.2) is 30.7 Å². The van der Waals surface area contributed by atoms with Gasteiger partial charge in [0, 0.05) is 19.3 Å². The molecule has 1 atom stereocenters. The van der Waals surface area contributed by atoms with Gasteiger partial charge in [0.1, 0.15) is 6.04 Å². The molecular weight excluding hydrogens is 352 g/mol. The minimum Gasteiger partial charge on any atom is -0.450 e. The van der Waals surface area contributed by atoms with Crippen molar-refractivity contribution in [2.45, 2.75) is 58.4 Å². The first-order chi connectivity index (χ1) is 13.6. The number of nitrogens with zero attached hydrogens (tertiary/aromatic N) is 1. The Kier molecular flexibility index (Phi) is 12.6. The molecule has 1 N–H and O–H groups in total. The van der Waals surface area contributed by atoms with Crippen molar-refractivity contribution in [2.75, 3.05) is 6.61 Å². The van der Waals surface area contributed by atoms with Gasteiger partial charge in [0.05, 0.1) is 6.61 Å². The lowest BCUT2D eigenvalue weighted by Crippen LogP contribution is -2.35. The first kappa shape index (κ1) is 23.2. The summed E-state index contributed by atoms with van der Waals surface area (Å²) in [5, 5.41) is 2.61. The number of ether oxygens (including phenoxy) is 1. The van der Waals surface area contributed by atoms with Crippen LogP contribution in [0.3, 0.4) is 0 Å². The molecule has 0 heterocycles. The van der Waals surface area contributed by atoms with Crippen LogP contribution in [0, 0.1) is 11.8 Å². The van der Waals surface area contributed by atoms with Gasteiger partial charge in [-0.15, -0.1) is 0 Å². The van der Waals surface area contributed by atoms with E-state index in [-0.39, 0.29) is 5.78 Å². The summed E-state index contributed by atoms with van der Waals surface area (Å²) in [6.07, 6.45) is 10.5. The molecule has 150 valence electrons. The summed E-state index contributed by atoms with van der Waals surface area (Å²) in [7, 11) is 0. The predicted molar refractivity (Wildman–Crippen MR) is 113 cm³/mol. The third kappa shape index (κ3) is 12.5. The van der Waals surface area contributed by atoms with Crippen LogP contribution < -0.4 is 5.32 Å². The predicted octanol–water partition coefficient (Wildman–Crippen LogP) is 4.47. The molecule has 0 spiro atoms. The van der Waals surface area contributed by atoms with Gasteiger partial charge < -0.3 is 10.1 Å². The Balaban J connectivity index is 2.44. The van der Waals surface area contributed by atoms with E-state index in [0.717, 1.165) is 38.5 Å². The molecule has 1 unspecified atom stereocenters. The number of Topliss-reactive ketones (excluding diaryl/α,β-unsaturated/α-hetero) is 1. The largest absolute Gasteiger partial charge is 0.450 e. The number of unbranched alkanes of at least 4 members (excludes halogenated alkanes) is 3. The van der Waals surface area contributed by atoms with E-state index in [1.165, 1.54) is 18.7 Å². The number of alkyl carbamates (subject to hydrolysis) is 1. The van der Waals surface area contributed by atoms with Crippen LogP contribution in [0.4, 0.5) is 4.79 Å². The average Bonchev–Trinajstić information content (AvgIpc) is 2.69. The lowest BCUT2D eigenvalue weighted by molar-refractivity contribution is -0.111. The third-order valence-corrected chi connectivity index (χ3v) is 3.78. The minimum atomic E-state index is -0.675. The van der Waals surface area contributed by atoms with Gasteiger partial charge >= 0.3 is 6.09 Å². The minimum absolute atomic E-state index is 0.272. The maximum Gasteiger partial charge on any atom is 0.408 e. The normalized spacial score (nSPS) is 11.8. The van der Waals surface area contributed by atoms with Crippen molar-refractivity contribution < 1.29 is 14.3 Å². The van der Waals surface area contributed by atoms with E-state index in [0.29, 0.717) is 6.61 Å². The average molecular weight is 383 g/mol. The number of ketones is 1. The topological polar surface area (TPSA) is 67.8 Å². The maximum atomic E-state index is 11.9. The summed E-state index contributed by atoms with van der Waals surface area (Å²) < 4.78 is 5.14.